The van der Waals surface area contributed by atoms with E-state index >= 15 is 0 Å². The van der Waals surface area contributed by atoms with Crippen molar-refractivity contribution in [3.8, 4) is 0 Å². The smallest absolute Gasteiger partial charge is 0.227 e. The Labute approximate surface area is 204 Å². The highest BCUT2D eigenvalue weighted by Crippen LogP contribution is 2.31. The Kier molecular flexibility index (Phi) is 7.13. The highest BCUT2D eigenvalue weighted by Gasteiger charge is 2.47. The summed E-state index contributed by atoms with van der Waals surface area (Å²) in [5.41, 5.74) is 0.885. The lowest BCUT2D eigenvalue weighted by Gasteiger charge is -2.54. The van der Waals surface area contributed by atoms with E-state index in [9.17, 15) is 4.79 Å². The van der Waals surface area contributed by atoms with Gasteiger partial charge in [-0.25, -0.2) is 9.97 Å². The minimum Gasteiger partial charge on any atom is -0.378 e. The van der Waals surface area contributed by atoms with E-state index in [-0.39, 0.29) is 24.0 Å². The lowest BCUT2D eigenvalue weighted by Crippen LogP contribution is -2.71. The molecule has 0 radical (unpaired) electrons. The maximum absolute atomic E-state index is 13.6. The van der Waals surface area contributed by atoms with Crippen LogP contribution in [0.2, 0.25) is 10.0 Å². The Hall–Kier alpha value is -1.77. The van der Waals surface area contributed by atoms with Crippen LogP contribution in [0.3, 0.4) is 0 Å². The van der Waals surface area contributed by atoms with Crippen molar-refractivity contribution in [3.05, 3.63) is 58.1 Å². The summed E-state index contributed by atoms with van der Waals surface area (Å²) in [6.07, 6.45) is 6.28. The van der Waals surface area contributed by atoms with E-state index in [0.29, 0.717) is 42.8 Å². The van der Waals surface area contributed by atoms with Gasteiger partial charge in [-0.3, -0.25) is 14.6 Å². The average molecular weight is 490 g/mol. The van der Waals surface area contributed by atoms with E-state index in [1.54, 1.807) is 24.5 Å². The Morgan fingerprint density at radius 2 is 1.76 bits per heavy atom. The number of piperazine rings is 1. The van der Waals surface area contributed by atoms with Crippen LogP contribution in [0.5, 0.6) is 0 Å². The molecule has 3 aliphatic heterocycles. The van der Waals surface area contributed by atoms with Crippen LogP contribution >= 0.6 is 23.2 Å². The molecule has 5 rings (SSSR count). The van der Waals surface area contributed by atoms with Gasteiger partial charge < -0.3 is 9.64 Å². The Morgan fingerprint density at radius 1 is 1.00 bits per heavy atom. The molecular weight excluding hydrogens is 461 g/mol. The van der Waals surface area contributed by atoms with Crippen LogP contribution in [-0.2, 0) is 22.5 Å². The summed E-state index contributed by atoms with van der Waals surface area (Å²) in [6, 6.07) is 7.65. The second-order valence-electron chi connectivity index (χ2n) is 9.05. The average Bonchev–Trinajstić information content (AvgIpc) is 3.37. The number of carbonyl (C=O) groups excluding carboxylic acids is 1. The molecule has 3 saturated heterocycles. The zero-order valence-electron chi connectivity index (χ0n) is 18.6. The van der Waals surface area contributed by atoms with E-state index in [0.717, 1.165) is 31.0 Å². The largest absolute Gasteiger partial charge is 0.378 e. The van der Waals surface area contributed by atoms with Gasteiger partial charge in [-0.15, -0.1) is 0 Å². The number of hydrogen-bond donors (Lipinski definition) is 0. The zero-order valence-corrected chi connectivity index (χ0v) is 20.1. The van der Waals surface area contributed by atoms with Crippen LogP contribution in [-0.4, -0.2) is 88.1 Å². The third kappa shape index (κ3) is 5.03. The lowest BCUT2D eigenvalue weighted by molar-refractivity contribution is -0.153. The van der Waals surface area contributed by atoms with Crippen molar-refractivity contribution < 1.29 is 9.53 Å². The molecule has 4 heterocycles. The molecule has 0 spiro atoms. The van der Waals surface area contributed by atoms with E-state index in [2.05, 4.69) is 24.7 Å². The van der Waals surface area contributed by atoms with E-state index < -0.39 is 0 Å². The summed E-state index contributed by atoms with van der Waals surface area (Å²) in [7, 11) is 0. The van der Waals surface area contributed by atoms with Gasteiger partial charge in [0.25, 0.3) is 0 Å². The van der Waals surface area contributed by atoms with Crippen molar-refractivity contribution in [1.29, 1.82) is 0 Å². The molecule has 2 aromatic rings. The van der Waals surface area contributed by atoms with Crippen LogP contribution in [0.4, 0.5) is 0 Å². The number of likely N-dealkylation sites (tertiary alicyclic amines) is 1. The first-order chi connectivity index (χ1) is 16.1. The summed E-state index contributed by atoms with van der Waals surface area (Å²) in [4.78, 5) is 29.4. The molecule has 33 heavy (non-hydrogen) atoms. The van der Waals surface area contributed by atoms with E-state index in [4.69, 9.17) is 27.9 Å². The fraction of sp³-hybridized carbons (Fsp3) is 0.542. The van der Waals surface area contributed by atoms with Crippen LogP contribution in [0.15, 0.2) is 36.7 Å². The predicted molar refractivity (Wildman–Crippen MR) is 127 cm³/mol. The zero-order chi connectivity index (χ0) is 22.8. The number of aromatic nitrogens is 2. The first kappa shape index (κ1) is 23.0. The monoisotopic (exact) mass is 489 g/mol. The number of amides is 1. The highest BCUT2D eigenvalue weighted by molar-refractivity contribution is 6.42. The maximum atomic E-state index is 13.6. The molecule has 1 amide bonds. The molecule has 3 atom stereocenters. The van der Waals surface area contributed by atoms with Crippen molar-refractivity contribution in [2.24, 2.45) is 0 Å². The van der Waals surface area contributed by atoms with Crippen molar-refractivity contribution >= 4 is 29.1 Å². The fourth-order valence-electron chi connectivity index (χ4n) is 5.45. The minimum absolute atomic E-state index is 0.0737. The number of ether oxygens (including phenoxy) is 1. The van der Waals surface area contributed by atoms with E-state index in [1.807, 2.05) is 12.1 Å². The topological polar surface area (TPSA) is 61.8 Å². The molecule has 7 nitrogen and oxygen atoms in total. The van der Waals surface area contributed by atoms with Gasteiger partial charge in [-0.2, -0.15) is 0 Å². The van der Waals surface area contributed by atoms with Gasteiger partial charge in [0.15, 0.2) is 0 Å². The van der Waals surface area contributed by atoms with Gasteiger partial charge in [0.05, 0.1) is 54.4 Å². The van der Waals surface area contributed by atoms with E-state index in [1.165, 1.54) is 12.8 Å². The van der Waals surface area contributed by atoms with Crippen LogP contribution in [0.1, 0.15) is 24.2 Å². The quantitative estimate of drug-likeness (QED) is 0.643. The first-order valence-corrected chi connectivity index (χ1v) is 12.4. The van der Waals surface area contributed by atoms with Crippen molar-refractivity contribution in [2.75, 3.05) is 39.4 Å². The Bertz CT molecular complexity index is 973. The first-order valence-electron chi connectivity index (χ1n) is 11.7. The Balaban J connectivity index is 1.39. The van der Waals surface area contributed by atoms with Crippen LogP contribution < -0.4 is 0 Å². The molecule has 0 bridgehead atoms. The number of fused-ring (bicyclic) bond motifs is 1. The van der Waals surface area contributed by atoms with Gasteiger partial charge in [-0.1, -0.05) is 29.3 Å². The number of rotatable bonds is 5. The third-order valence-corrected chi connectivity index (χ3v) is 7.79. The lowest BCUT2D eigenvalue weighted by atomic mass is 9.91. The molecule has 176 valence electrons. The molecular formula is C24H29Cl2N5O2. The second-order valence-corrected chi connectivity index (χ2v) is 9.87. The molecule has 0 unspecified atom stereocenters. The number of nitrogens with zero attached hydrogens (tertiary/aromatic N) is 5. The number of hydrogen-bond acceptors (Lipinski definition) is 6. The SMILES string of the molecule is O=C(Cc1ccc(Cl)c(Cl)c1)N1CCN(Cc2ncccn2)[C@@H]2COC[C@H](N3CCCC3)[C@H]21. The summed E-state index contributed by atoms with van der Waals surface area (Å²) in [5, 5.41) is 0.983. The molecule has 0 aliphatic carbocycles. The molecule has 3 aliphatic rings. The molecule has 1 aromatic heterocycles. The van der Waals surface area contributed by atoms with Crippen molar-refractivity contribution in [2.45, 2.75) is 43.9 Å². The number of benzene rings is 1. The van der Waals surface area contributed by atoms with Gasteiger partial charge in [0.1, 0.15) is 5.82 Å². The van der Waals surface area contributed by atoms with Crippen molar-refractivity contribution in [3.63, 3.8) is 0 Å². The second kappa shape index (κ2) is 10.2. The fourth-order valence-corrected chi connectivity index (χ4v) is 5.77. The van der Waals surface area contributed by atoms with Crippen molar-refractivity contribution in [1.82, 2.24) is 24.7 Å². The Morgan fingerprint density at radius 3 is 2.52 bits per heavy atom. The summed E-state index contributed by atoms with van der Waals surface area (Å²) < 4.78 is 6.11. The predicted octanol–water partition coefficient (Wildman–Crippen LogP) is 2.90. The van der Waals surface area contributed by atoms with Gasteiger partial charge in [0.2, 0.25) is 5.91 Å². The van der Waals surface area contributed by atoms with Gasteiger partial charge in [0, 0.05) is 25.5 Å². The van der Waals surface area contributed by atoms with Crippen LogP contribution in [0.25, 0.3) is 0 Å². The summed E-state index contributed by atoms with van der Waals surface area (Å²) >= 11 is 12.3. The number of carbonyl (C=O) groups is 1. The molecule has 3 fully saturated rings. The number of halogens is 2. The normalized spacial score (nSPS) is 26.4. The highest BCUT2D eigenvalue weighted by atomic mass is 35.5. The molecule has 1 aromatic carbocycles. The summed E-state index contributed by atoms with van der Waals surface area (Å²) in [6.45, 7) is 5.50. The third-order valence-electron chi connectivity index (χ3n) is 7.06. The molecule has 0 saturated carbocycles. The van der Waals surface area contributed by atoms with Gasteiger partial charge >= 0.3 is 0 Å². The minimum atomic E-state index is 0.0737. The molecule has 0 N–H and O–H groups in total. The van der Waals surface area contributed by atoms with Crippen LogP contribution in [0, 0.1) is 0 Å². The van der Waals surface area contributed by atoms with Gasteiger partial charge in [-0.05, 0) is 49.7 Å². The summed E-state index contributed by atoms with van der Waals surface area (Å²) in [5.74, 6) is 0.931. The standard InChI is InChI=1S/C24H29Cl2N5O2/c25-18-5-4-17(12-19(18)26)13-23(32)31-11-10-30(14-22-27-6-3-7-28-22)21-16-33-15-20(24(21)31)29-8-1-2-9-29/h3-7,12,20-21,24H,1-2,8-11,13-16H2/t20-,21+,24+/m0/s1. The molecule has 9 heteroatoms. The maximum Gasteiger partial charge on any atom is 0.227 e.